The number of aryl methyl sites for hydroxylation is 1. The summed E-state index contributed by atoms with van der Waals surface area (Å²) in [5.41, 5.74) is 3.02. The van der Waals surface area contributed by atoms with Gasteiger partial charge in [-0.15, -0.1) is 0 Å². The van der Waals surface area contributed by atoms with Gasteiger partial charge < -0.3 is 18.6 Å². The fourth-order valence-corrected chi connectivity index (χ4v) is 5.32. The Labute approximate surface area is 233 Å². The zero-order valence-electron chi connectivity index (χ0n) is 22.1. The van der Waals surface area contributed by atoms with E-state index in [-0.39, 0.29) is 35.9 Å². The van der Waals surface area contributed by atoms with E-state index in [1.807, 2.05) is 37.3 Å². The van der Waals surface area contributed by atoms with Crippen LogP contribution in [0.15, 0.2) is 92.4 Å². The minimum Gasteiger partial charge on any atom is -0.460 e. The van der Waals surface area contributed by atoms with Crippen LogP contribution in [-0.4, -0.2) is 36.8 Å². The number of allylic oxidation sites excluding steroid dienone is 1. The number of aromatic nitrogens is 1. The molecule has 0 spiro atoms. The first-order valence-electron chi connectivity index (χ1n) is 12.5. The van der Waals surface area contributed by atoms with Crippen LogP contribution < -0.4 is 19.6 Å². The maximum Gasteiger partial charge on any atom is 0.379 e. The van der Waals surface area contributed by atoms with Crippen LogP contribution in [0.3, 0.4) is 0 Å². The molecule has 2 aromatic heterocycles. The van der Waals surface area contributed by atoms with E-state index in [2.05, 4.69) is 4.99 Å². The van der Waals surface area contributed by atoms with Gasteiger partial charge in [0, 0.05) is 7.11 Å². The van der Waals surface area contributed by atoms with Crippen molar-refractivity contribution in [3.63, 3.8) is 0 Å². The van der Waals surface area contributed by atoms with Gasteiger partial charge in [0.2, 0.25) is 5.76 Å². The number of methoxy groups -OCH3 is 1. The normalized spacial score (nSPS) is 15.0. The summed E-state index contributed by atoms with van der Waals surface area (Å²) < 4.78 is 22.9. The Balaban J connectivity index is 1.56. The molecule has 2 aromatic carbocycles. The smallest absolute Gasteiger partial charge is 0.379 e. The molecule has 1 atom stereocenters. The number of esters is 2. The fourth-order valence-electron chi connectivity index (χ4n) is 4.28. The van der Waals surface area contributed by atoms with Crippen LogP contribution in [0.25, 0.3) is 6.08 Å². The monoisotopic (exact) mass is 558 g/mol. The lowest BCUT2D eigenvalue weighted by Crippen LogP contribution is -2.40. The Morgan fingerprint density at radius 2 is 1.77 bits per heavy atom. The highest BCUT2D eigenvalue weighted by Crippen LogP contribution is 2.31. The van der Waals surface area contributed by atoms with Crippen molar-refractivity contribution < 1.29 is 28.2 Å². The minimum absolute atomic E-state index is 0.0539. The predicted molar refractivity (Wildman–Crippen MR) is 148 cm³/mol. The Kier molecular flexibility index (Phi) is 7.90. The van der Waals surface area contributed by atoms with Crippen molar-refractivity contribution >= 4 is 29.4 Å². The van der Waals surface area contributed by atoms with E-state index in [1.54, 1.807) is 37.3 Å². The number of carbonyl (C=O) groups is 2. The van der Waals surface area contributed by atoms with Crippen LogP contribution in [0.1, 0.15) is 40.2 Å². The molecule has 0 fully saturated rings. The number of hydrogen-bond acceptors (Lipinski definition) is 9. The van der Waals surface area contributed by atoms with Gasteiger partial charge in [-0.25, -0.2) is 14.6 Å². The van der Waals surface area contributed by atoms with Gasteiger partial charge in [0.15, 0.2) is 4.80 Å². The van der Waals surface area contributed by atoms with Crippen molar-refractivity contribution in [1.29, 1.82) is 0 Å². The number of rotatable bonds is 8. The van der Waals surface area contributed by atoms with E-state index in [0.717, 1.165) is 11.1 Å². The Hall–Kier alpha value is -4.54. The zero-order valence-corrected chi connectivity index (χ0v) is 22.9. The van der Waals surface area contributed by atoms with Gasteiger partial charge >= 0.3 is 11.9 Å². The second-order valence-corrected chi connectivity index (χ2v) is 10.1. The van der Waals surface area contributed by atoms with Crippen molar-refractivity contribution in [2.45, 2.75) is 19.9 Å². The summed E-state index contributed by atoms with van der Waals surface area (Å²) in [7, 11) is 1.51. The molecule has 0 N–H and O–H groups in total. The summed E-state index contributed by atoms with van der Waals surface area (Å²) in [6, 6.07) is 16.7. The average Bonchev–Trinajstić information content (AvgIpc) is 3.59. The molecule has 0 saturated carbocycles. The maximum absolute atomic E-state index is 13.8. The molecule has 204 valence electrons. The van der Waals surface area contributed by atoms with E-state index >= 15 is 0 Å². The van der Waals surface area contributed by atoms with Crippen molar-refractivity contribution in [3.05, 3.63) is 120 Å². The van der Waals surface area contributed by atoms with Crippen molar-refractivity contribution in [3.8, 4) is 5.75 Å². The van der Waals surface area contributed by atoms with Gasteiger partial charge in [0.1, 0.15) is 12.4 Å². The summed E-state index contributed by atoms with van der Waals surface area (Å²) in [6.07, 6.45) is 3.20. The maximum atomic E-state index is 13.8. The molecule has 5 rings (SSSR count). The van der Waals surface area contributed by atoms with Gasteiger partial charge in [0.25, 0.3) is 5.56 Å². The molecule has 10 heteroatoms. The van der Waals surface area contributed by atoms with Crippen LogP contribution >= 0.6 is 11.3 Å². The second kappa shape index (κ2) is 11.7. The number of carbonyl (C=O) groups excluding carboxylic acids is 2. The van der Waals surface area contributed by atoms with Crippen LogP contribution in [0.5, 0.6) is 5.75 Å². The third kappa shape index (κ3) is 5.58. The van der Waals surface area contributed by atoms with E-state index in [1.165, 1.54) is 35.3 Å². The van der Waals surface area contributed by atoms with Gasteiger partial charge in [0.05, 0.1) is 34.7 Å². The molecule has 0 saturated heterocycles. The third-order valence-electron chi connectivity index (χ3n) is 6.27. The second-order valence-electron chi connectivity index (χ2n) is 9.06. The highest BCUT2D eigenvalue weighted by atomic mass is 32.1. The highest BCUT2D eigenvalue weighted by molar-refractivity contribution is 7.07. The van der Waals surface area contributed by atoms with Gasteiger partial charge in [-0.1, -0.05) is 53.3 Å². The van der Waals surface area contributed by atoms with E-state index in [4.69, 9.17) is 18.6 Å². The fraction of sp³-hybridized carbons (Fsp3) is 0.200. The average molecular weight is 559 g/mol. The third-order valence-corrected chi connectivity index (χ3v) is 7.25. The Morgan fingerprint density at radius 3 is 2.45 bits per heavy atom. The quantitative estimate of drug-likeness (QED) is 0.185. The zero-order chi connectivity index (χ0) is 28.2. The first kappa shape index (κ1) is 27.0. The van der Waals surface area contributed by atoms with Crippen LogP contribution in [0.4, 0.5) is 0 Å². The number of nitrogens with zero attached hydrogens (tertiary/aromatic N) is 2. The summed E-state index contributed by atoms with van der Waals surface area (Å²) in [6.45, 7) is 4.00. The van der Waals surface area contributed by atoms with E-state index in [9.17, 15) is 14.4 Å². The van der Waals surface area contributed by atoms with Gasteiger partial charge in [-0.3, -0.25) is 9.36 Å². The molecule has 1 unspecified atom stereocenters. The standard InChI is InChI=1S/C30H26N2O7S/c1-18-6-8-20(9-7-18)17-24-27(33)32-26(25(19(2)31-30(32)40-24)29(35)38-16-15-36-3)21-10-12-22(13-11-21)39-28(34)23-5-4-14-37-23/h4-14,17,26H,15-16H2,1-3H3. The molecule has 3 heterocycles. The van der Waals surface area contributed by atoms with Crippen LogP contribution in [0, 0.1) is 6.92 Å². The minimum atomic E-state index is -0.804. The number of fused-ring (bicyclic) bond motifs is 1. The molecule has 0 radical (unpaired) electrons. The van der Waals surface area contributed by atoms with Crippen molar-refractivity contribution in [2.24, 2.45) is 4.99 Å². The highest BCUT2D eigenvalue weighted by Gasteiger charge is 2.33. The lowest BCUT2D eigenvalue weighted by Gasteiger charge is -2.25. The molecule has 0 aliphatic carbocycles. The summed E-state index contributed by atoms with van der Waals surface area (Å²) >= 11 is 1.25. The lowest BCUT2D eigenvalue weighted by atomic mass is 9.96. The van der Waals surface area contributed by atoms with Gasteiger partial charge in [-0.05, 0) is 55.3 Å². The molecular weight excluding hydrogens is 532 g/mol. The first-order valence-corrected chi connectivity index (χ1v) is 13.3. The topological polar surface area (TPSA) is 109 Å². The lowest BCUT2D eigenvalue weighted by molar-refractivity contribution is -0.140. The first-order chi connectivity index (χ1) is 19.4. The molecule has 40 heavy (non-hydrogen) atoms. The summed E-state index contributed by atoms with van der Waals surface area (Å²) in [4.78, 5) is 44.4. The molecule has 1 aliphatic rings. The van der Waals surface area contributed by atoms with Crippen molar-refractivity contribution in [2.75, 3.05) is 20.3 Å². The van der Waals surface area contributed by atoms with Crippen LogP contribution in [-0.2, 0) is 14.3 Å². The molecule has 0 bridgehead atoms. The largest absolute Gasteiger partial charge is 0.460 e. The number of furan rings is 1. The molecule has 0 amide bonds. The van der Waals surface area contributed by atoms with Crippen LogP contribution in [0.2, 0.25) is 0 Å². The Morgan fingerprint density at radius 1 is 1.02 bits per heavy atom. The number of hydrogen-bond donors (Lipinski definition) is 0. The molecule has 1 aliphatic heterocycles. The SMILES string of the molecule is COCCOC(=O)C1=C(C)N=c2sc(=Cc3ccc(C)cc3)c(=O)n2C1c1ccc(OC(=O)c2ccco2)cc1. The summed E-state index contributed by atoms with van der Waals surface area (Å²) in [5, 5.41) is 0. The van der Waals surface area contributed by atoms with Gasteiger partial charge in [-0.2, -0.15) is 0 Å². The number of ether oxygens (including phenoxy) is 3. The van der Waals surface area contributed by atoms with E-state index in [0.29, 0.717) is 20.6 Å². The molecule has 9 nitrogen and oxygen atoms in total. The molecule has 4 aromatic rings. The number of thiazole rings is 1. The van der Waals surface area contributed by atoms with Crippen molar-refractivity contribution in [1.82, 2.24) is 4.57 Å². The predicted octanol–water partition coefficient (Wildman–Crippen LogP) is 3.55. The molecular formula is C30H26N2O7S. The summed E-state index contributed by atoms with van der Waals surface area (Å²) in [5.74, 6) is -0.879. The van der Waals surface area contributed by atoms with E-state index < -0.39 is 18.0 Å². The Bertz CT molecular complexity index is 1750. The number of benzene rings is 2.